The van der Waals surface area contributed by atoms with E-state index in [0.717, 1.165) is 150 Å². The number of halogens is 1. The smallest absolute Gasteiger partial charge is 0.399 e. The minimum atomic E-state index is -0.555. The van der Waals surface area contributed by atoms with Gasteiger partial charge < -0.3 is 18.6 Å². The van der Waals surface area contributed by atoms with Crippen molar-refractivity contribution in [2.45, 2.75) is 92.6 Å². The maximum absolute atomic E-state index is 6.49. The summed E-state index contributed by atoms with van der Waals surface area (Å²) >= 11 is 3.50. The number of aromatic nitrogens is 7. The lowest BCUT2D eigenvalue weighted by Crippen LogP contribution is -2.41. The molecule has 2 aliphatic rings. The zero-order valence-corrected chi connectivity index (χ0v) is 70.3. The van der Waals surface area contributed by atoms with Crippen LogP contribution in [0.4, 0.5) is 0 Å². The highest BCUT2D eigenvalue weighted by Crippen LogP contribution is 2.43. The summed E-state index contributed by atoms with van der Waals surface area (Å²) in [5.74, 6) is 1.32. The van der Waals surface area contributed by atoms with E-state index in [9.17, 15) is 0 Å². The van der Waals surface area contributed by atoms with Gasteiger partial charge >= 0.3 is 14.2 Å². The van der Waals surface area contributed by atoms with E-state index in [1.165, 1.54) is 11.1 Å². The van der Waals surface area contributed by atoms with E-state index in [2.05, 4.69) is 319 Å². The highest BCUT2D eigenvalue weighted by Gasteiger charge is 2.54. The van der Waals surface area contributed by atoms with Crippen LogP contribution in [0.3, 0.4) is 0 Å². The number of rotatable bonds is 16. The Balaban J connectivity index is 0.000000161. The van der Waals surface area contributed by atoms with E-state index in [-0.39, 0.29) is 14.9 Å². The van der Waals surface area contributed by atoms with Crippen molar-refractivity contribution < 1.29 is 18.6 Å². The Hall–Kier alpha value is -13.3. The predicted octanol–water partition coefficient (Wildman–Crippen LogP) is 26.8. The number of pyridine rings is 3. The van der Waals surface area contributed by atoms with E-state index in [1.54, 1.807) is 0 Å². The maximum Gasteiger partial charge on any atom is 0.494 e. The molecule has 0 aliphatic carbocycles. The quantitative estimate of drug-likeness (QED) is 0.0678. The first-order valence-electron chi connectivity index (χ1n) is 40.8. The average Bonchev–Trinajstić information content (AvgIpc) is 1.64. The fraction of sp³-hybridized carbons (Fsp3) is 0.128. The molecule has 0 unspecified atom stereocenters. The molecule has 14 heteroatoms. The lowest BCUT2D eigenvalue weighted by molar-refractivity contribution is 0.00578. The molecular formula is C109H96B2BrN7O4. The van der Waals surface area contributed by atoms with Crippen LogP contribution >= 0.6 is 15.9 Å². The molecule has 17 aromatic rings. The highest BCUT2D eigenvalue weighted by atomic mass is 79.9. The standard InChI is InChI=1S/C56H38N4.C34H38B2N2O4.C17H12BrN.2CH4/c1-7-19-39(20-8-1)45-34-50(41-23-11-3-12-24-41)57-52(36-45)47-31-48(53-37-46(40-21-9-2-10-22-40)35-51(58-53)42-25-13-4-14-26-42)33-49(32-47)55-38-54(43-27-15-5-16-28-43)59-56(60-55)44-29-17-6-18-30-44;1-31(2)32(3,4)40-35(39-31)26-19-25(20-27(21-26)36-41-33(5,6)34(7,8)42-36)29-22-28(23-15-11-9-12-16-23)37-30(38-29)24-17-13-10-14-18-24;18-17-12-15(13-7-3-1-4-8-13)11-16(19-17)14-9-5-2-6-10-14;;/h1-38H;9-22H,1-8H3;1-12H;2*1H4. The minimum absolute atomic E-state index is 0. The Labute approximate surface area is 732 Å². The van der Waals surface area contributed by atoms with Gasteiger partial charge in [0.1, 0.15) is 4.60 Å². The lowest BCUT2D eigenvalue weighted by atomic mass is 9.70. The number of hydrogen-bond donors (Lipinski definition) is 0. The summed E-state index contributed by atoms with van der Waals surface area (Å²) in [5, 5.41) is 0. The van der Waals surface area contributed by atoms with Gasteiger partial charge in [-0.2, -0.15) is 0 Å². The van der Waals surface area contributed by atoms with Crippen LogP contribution in [0.25, 0.3) is 157 Å². The Morgan fingerprint density at radius 2 is 0.382 bits per heavy atom. The number of nitrogens with zero attached hydrogens (tertiary/aromatic N) is 7. The Kier molecular flexibility index (Phi) is 25.5. The molecular weight excluding hydrogens is 1570 g/mol. The predicted molar refractivity (Wildman–Crippen MR) is 513 cm³/mol. The van der Waals surface area contributed by atoms with Gasteiger partial charge in [0.2, 0.25) is 0 Å². The van der Waals surface area contributed by atoms with Crippen LogP contribution in [0.5, 0.6) is 0 Å². The second-order valence-corrected chi connectivity index (χ2v) is 33.1. The van der Waals surface area contributed by atoms with Crippen LogP contribution in [0.15, 0.2) is 393 Å². The van der Waals surface area contributed by atoms with Gasteiger partial charge in [-0.15, -0.1) is 0 Å². The molecule has 5 aromatic heterocycles. The van der Waals surface area contributed by atoms with Crippen molar-refractivity contribution in [3.05, 3.63) is 393 Å². The summed E-state index contributed by atoms with van der Waals surface area (Å²) in [6.07, 6.45) is 0. The second kappa shape index (κ2) is 37.0. The molecule has 2 saturated heterocycles. The van der Waals surface area contributed by atoms with Crippen LogP contribution in [0, 0.1) is 0 Å². The van der Waals surface area contributed by atoms with Crippen LogP contribution in [-0.4, -0.2) is 71.5 Å². The minimum Gasteiger partial charge on any atom is -0.399 e. The van der Waals surface area contributed by atoms with Crippen LogP contribution in [0.1, 0.15) is 70.2 Å². The van der Waals surface area contributed by atoms with Crippen LogP contribution in [-0.2, 0) is 18.6 Å². The second-order valence-electron chi connectivity index (χ2n) is 32.3. The third-order valence-corrected chi connectivity index (χ3v) is 23.2. The van der Waals surface area contributed by atoms with E-state index in [4.69, 9.17) is 48.5 Å². The normalized spacial score (nSPS) is 13.9. The van der Waals surface area contributed by atoms with E-state index < -0.39 is 36.6 Å². The van der Waals surface area contributed by atoms with Crippen molar-refractivity contribution in [2.75, 3.05) is 0 Å². The fourth-order valence-electron chi connectivity index (χ4n) is 14.8. The summed E-state index contributed by atoms with van der Waals surface area (Å²) in [4.78, 5) is 35.7. The summed E-state index contributed by atoms with van der Waals surface area (Å²) in [7, 11) is -1.11. The molecule has 0 spiro atoms. The summed E-state index contributed by atoms with van der Waals surface area (Å²) in [5.41, 5.74) is 25.3. The molecule has 0 amide bonds. The first-order chi connectivity index (χ1) is 58.8. The molecule has 12 aromatic carbocycles. The van der Waals surface area contributed by atoms with Gasteiger partial charge in [0.15, 0.2) is 11.6 Å². The first kappa shape index (κ1) is 84.7. The number of hydrogen-bond acceptors (Lipinski definition) is 11. The molecule has 7 heterocycles. The molecule has 19 rings (SSSR count). The molecule has 2 fully saturated rings. The molecule has 123 heavy (non-hydrogen) atoms. The summed E-state index contributed by atoms with van der Waals surface area (Å²) in [6.45, 7) is 16.5. The van der Waals surface area contributed by atoms with Gasteiger partial charge in [0.05, 0.1) is 73.6 Å². The Morgan fingerprint density at radius 1 is 0.187 bits per heavy atom. The van der Waals surface area contributed by atoms with Gasteiger partial charge in [-0.3, -0.25) is 0 Å². The van der Waals surface area contributed by atoms with Crippen LogP contribution < -0.4 is 10.9 Å². The molecule has 2 aliphatic heterocycles. The van der Waals surface area contributed by atoms with Crippen molar-refractivity contribution in [3.63, 3.8) is 0 Å². The monoisotopic (exact) mass is 1670 g/mol. The van der Waals surface area contributed by atoms with Gasteiger partial charge in [-0.05, 0) is 188 Å². The third kappa shape index (κ3) is 19.4. The third-order valence-electron chi connectivity index (χ3n) is 22.8. The largest absolute Gasteiger partial charge is 0.494 e. The molecule has 0 bridgehead atoms. The first-order valence-corrected chi connectivity index (χ1v) is 41.6. The fourth-order valence-corrected chi connectivity index (χ4v) is 15.2. The zero-order valence-electron chi connectivity index (χ0n) is 68.7. The topological polar surface area (TPSA) is 127 Å². The van der Waals surface area contributed by atoms with E-state index in [0.29, 0.717) is 11.6 Å². The zero-order chi connectivity index (χ0) is 83.1. The molecule has 0 atom stereocenters. The highest BCUT2D eigenvalue weighted by molar-refractivity contribution is 9.10. The van der Waals surface area contributed by atoms with E-state index >= 15 is 0 Å². The summed E-state index contributed by atoms with van der Waals surface area (Å²) < 4.78 is 26.8. The average molecular weight is 1670 g/mol. The lowest BCUT2D eigenvalue weighted by Gasteiger charge is -2.32. The van der Waals surface area contributed by atoms with Gasteiger partial charge in [0.25, 0.3) is 0 Å². The SMILES string of the molecule is Brc1cc(-c2ccccc2)cc(-c2ccccc2)n1.C.C.CC1(C)OB(c2cc(B3OC(C)(C)C(C)(C)O3)cc(-c3cc(-c4ccccc4)nc(-c4ccccc4)n3)c2)OC1(C)C.c1ccc(-c2cc(-c3ccccc3)nc(-c3cc(-c4cc(-c5ccccc5)cc(-c5ccccc5)n4)cc(-c4cc(-c5ccccc5)nc(-c5ccccc5)n4)c3)c2)cc1. The maximum atomic E-state index is 6.49. The Morgan fingerprint density at radius 3 is 0.642 bits per heavy atom. The molecule has 11 nitrogen and oxygen atoms in total. The van der Waals surface area contributed by atoms with Gasteiger partial charge in [-0.1, -0.05) is 336 Å². The van der Waals surface area contributed by atoms with Crippen molar-refractivity contribution in [1.29, 1.82) is 0 Å². The molecule has 604 valence electrons. The molecule has 0 saturated carbocycles. The van der Waals surface area contributed by atoms with Gasteiger partial charge in [0, 0.05) is 55.6 Å². The van der Waals surface area contributed by atoms with Crippen molar-refractivity contribution in [2.24, 2.45) is 0 Å². The molecule has 0 radical (unpaired) electrons. The van der Waals surface area contributed by atoms with Crippen molar-refractivity contribution in [1.82, 2.24) is 34.9 Å². The van der Waals surface area contributed by atoms with Crippen LogP contribution in [0.2, 0.25) is 0 Å². The summed E-state index contributed by atoms with van der Waals surface area (Å²) in [6, 6.07) is 133. The van der Waals surface area contributed by atoms with Crippen molar-refractivity contribution >= 4 is 41.1 Å². The van der Waals surface area contributed by atoms with Crippen molar-refractivity contribution in [3.8, 4) is 157 Å². The Bertz CT molecular complexity index is 5750. The van der Waals surface area contributed by atoms with E-state index in [1.807, 2.05) is 146 Å². The van der Waals surface area contributed by atoms with Gasteiger partial charge in [-0.25, -0.2) is 34.9 Å². The number of benzene rings is 12. The molecule has 0 N–H and O–H groups in total.